The van der Waals surface area contributed by atoms with Crippen LogP contribution in [0.2, 0.25) is 0 Å². The summed E-state index contributed by atoms with van der Waals surface area (Å²) < 4.78 is 0. The molecule has 0 aromatic heterocycles. The minimum Gasteiger partial charge on any atom is -0.0891 e. The van der Waals surface area contributed by atoms with Crippen molar-refractivity contribution in [2.45, 2.75) is 57.7 Å². The smallest absolute Gasteiger partial charge is 0.0145 e. The molecule has 0 N–H and O–H groups in total. The summed E-state index contributed by atoms with van der Waals surface area (Å²) in [7, 11) is 0. The topological polar surface area (TPSA) is 0 Å². The zero-order chi connectivity index (χ0) is 8.69. The van der Waals surface area contributed by atoms with E-state index in [9.17, 15) is 0 Å². The first kappa shape index (κ1) is 11.5. The van der Waals surface area contributed by atoms with Gasteiger partial charge in [0, 0.05) is 4.83 Å². The lowest BCUT2D eigenvalue weighted by molar-refractivity contribution is 0.431. The van der Waals surface area contributed by atoms with Crippen LogP contribution < -0.4 is 0 Å². The van der Waals surface area contributed by atoms with Crippen LogP contribution in [0.3, 0.4) is 0 Å². The van der Waals surface area contributed by atoms with Gasteiger partial charge < -0.3 is 0 Å². The van der Waals surface area contributed by atoms with Crippen molar-refractivity contribution >= 4 is 15.9 Å². The Hall–Kier alpha value is 0.480. The number of hydrogen-bond donors (Lipinski definition) is 0. The van der Waals surface area contributed by atoms with Gasteiger partial charge in [0.15, 0.2) is 0 Å². The first-order valence-corrected chi connectivity index (χ1v) is 5.78. The molecule has 0 aromatic carbocycles. The standard InChI is InChI=1S/C10H21Br/c1-4-6-8-10(7-5-2)9(3)11/h9-10H,4-8H2,1-3H3. The van der Waals surface area contributed by atoms with Crippen LogP contribution in [0, 0.1) is 5.92 Å². The van der Waals surface area contributed by atoms with E-state index in [1.807, 2.05) is 0 Å². The number of rotatable bonds is 6. The zero-order valence-electron chi connectivity index (χ0n) is 8.07. The summed E-state index contributed by atoms with van der Waals surface area (Å²) in [5.41, 5.74) is 0. The minimum absolute atomic E-state index is 0.703. The number of halogens is 1. The molecule has 0 bridgehead atoms. The van der Waals surface area contributed by atoms with Crippen molar-refractivity contribution in [3.8, 4) is 0 Å². The Labute approximate surface area is 79.9 Å². The average Bonchev–Trinajstić information content (AvgIpc) is 1.97. The molecular weight excluding hydrogens is 200 g/mol. The van der Waals surface area contributed by atoms with Crippen LogP contribution in [0.1, 0.15) is 52.9 Å². The van der Waals surface area contributed by atoms with Gasteiger partial charge in [-0.25, -0.2) is 0 Å². The molecule has 11 heavy (non-hydrogen) atoms. The van der Waals surface area contributed by atoms with E-state index in [1.54, 1.807) is 0 Å². The average molecular weight is 221 g/mol. The molecule has 1 heteroatoms. The molecular formula is C10H21Br. The van der Waals surface area contributed by atoms with E-state index >= 15 is 0 Å². The highest BCUT2D eigenvalue weighted by Gasteiger charge is 2.12. The quantitative estimate of drug-likeness (QED) is 0.584. The van der Waals surface area contributed by atoms with Crippen molar-refractivity contribution in [2.24, 2.45) is 5.92 Å². The molecule has 68 valence electrons. The summed E-state index contributed by atoms with van der Waals surface area (Å²) in [5, 5.41) is 0. The van der Waals surface area contributed by atoms with Gasteiger partial charge in [-0.3, -0.25) is 0 Å². The summed E-state index contributed by atoms with van der Waals surface area (Å²) in [6, 6.07) is 0. The van der Waals surface area contributed by atoms with Crippen LogP contribution >= 0.6 is 15.9 Å². The number of alkyl halides is 1. The van der Waals surface area contributed by atoms with Crippen molar-refractivity contribution in [3.63, 3.8) is 0 Å². The van der Waals surface area contributed by atoms with Gasteiger partial charge in [0.2, 0.25) is 0 Å². The van der Waals surface area contributed by atoms with Crippen molar-refractivity contribution in [1.82, 2.24) is 0 Å². The molecule has 0 fully saturated rings. The maximum atomic E-state index is 3.67. The SMILES string of the molecule is CCCCC(CCC)C(C)Br. The molecule has 0 heterocycles. The van der Waals surface area contributed by atoms with E-state index in [2.05, 4.69) is 36.7 Å². The monoisotopic (exact) mass is 220 g/mol. The van der Waals surface area contributed by atoms with Gasteiger partial charge in [0.25, 0.3) is 0 Å². The Morgan fingerprint density at radius 1 is 1.09 bits per heavy atom. The van der Waals surface area contributed by atoms with Crippen molar-refractivity contribution in [2.75, 3.05) is 0 Å². The predicted molar refractivity (Wildman–Crippen MR) is 56.3 cm³/mol. The lowest BCUT2D eigenvalue weighted by Crippen LogP contribution is -2.10. The summed E-state index contributed by atoms with van der Waals surface area (Å²) >= 11 is 3.67. The summed E-state index contributed by atoms with van der Waals surface area (Å²) in [4.78, 5) is 0.703. The predicted octanol–water partition coefficient (Wildman–Crippen LogP) is 4.38. The summed E-state index contributed by atoms with van der Waals surface area (Å²) in [6.07, 6.45) is 6.83. The first-order valence-electron chi connectivity index (χ1n) is 4.86. The third-order valence-corrected chi connectivity index (χ3v) is 2.99. The summed E-state index contributed by atoms with van der Waals surface area (Å²) in [6.45, 7) is 6.81. The maximum absolute atomic E-state index is 3.67. The van der Waals surface area contributed by atoms with E-state index in [1.165, 1.54) is 32.1 Å². The molecule has 0 nitrogen and oxygen atoms in total. The van der Waals surface area contributed by atoms with Crippen molar-refractivity contribution in [3.05, 3.63) is 0 Å². The highest BCUT2D eigenvalue weighted by molar-refractivity contribution is 9.09. The van der Waals surface area contributed by atoms with Crippen LogP contribution in [0.25, 0.3) is 0 Å². The molecule has 2 atom stereocenters. The van der Waals surface area contributed by atoms with Crippen LogP contribution in [0.5, 0.6) is 0 Å². The van der Waals surface area contributed by atoms with E-state index in [4.69, 9.17) is 0 Å². The van der Waals surface area contributed by atoms with Crippen molar-refractivity contribution < 1.29 is 0 Å². The van der Waals surface area contributed by atoms with Gasteiger partial charge in [-0.2, -0.15) is 0 Å². The molecule has 0 radical (unpaired) electrons. The zero-order valence-corrected chi connectivity index (χ0v) is 9.65. The lowest BCUT2D eigenvalue weighted by atomic mass is 9.95. The number of hydrogen-bond acceptors (Lipinski definition) is 0. The second-order valence-electron chi connectivity index (χ2n) is 3.37. The van der Waals surface area contributed by atoms with E-state index in [0.717, 1.165) is 5.92 Å². The molecule has 0 aliphatic carbocycles. The molecule has 0 rings (SSSR count). The molecule has 0 saturated carbocycles. The Morgan fingerprint density at radius 2 is 1.73 bits per heavy atom. The van der Waals surface area contributed by atoms with E-state index < -0.39 is 0 Å². The third kappa shape index (κ3) is 5.72. The van der Waals surface area contributed by atoms with Crippen LogP contribution in [0.15, 0.2) is 0 Å². The molecule has 2 unspecified atom stereocenters. The third-order valence-electron chi connectivity index (χ3n) is 2.24. The molecule has 0 aliphatic rings. The van der Waals surface area contributed by atoms with Gasteiger partial charge >= 0.3 is 0 Å². The fourth-order valence-electron chi connectivity index (χ4n) is 1.44. The molecule has 0 aromatic rings. The van der Waals surface area contributed by atoms with Gasteiger partial charge in [-0.1, -0.05) is 56.0 Å². The van der Waals surface area contributed by atoms with Gasteiger partial charge in [-0.05, 0) is 18.8 Å². The van der Waals surface area contributed by atoms with Crippen LogP contribution in [-0.2, 0) is 0 Å². The lowest BCUT2D eigenvalue weighted by Gasteiger charge is -2.17. The highest BCUT2D eigenvalue weighted by Crippen LogP contribution is 2.23. The highest BCUT2D eigenvalue weighted by atomic mass is 79.9. The first-order chi connectivity index (χ1) is 5.22. The molecule has 0 spiro atoms. The normalized spacial score (nSPS) is 16.4. The van der Waals surface area contributed by atoms with Gasteiger partial charge in [0.1, 0.15) is 0 Å². The second kappa shape index (κ2) is 7.15. The fourth-order valence-corrected chi connectivity index (χ4v) is 1.97. The Morgan fingerprint density at radius 3 is 2.09 bits per heavy atom. The van der Waals surface area contributed by atoms with E-state index in [0.29, 0.717) is 4.83 Å². The Kier molecular flexibility index (Phi) is 7.46. The van der Waals surface area contributed by atoms with E-state index in [-0.39, 0.29) is 0 Å². The van der Waals surface area contributed by atoms with Gasteiger partial charge in [0.05, 0.1) is 0 Å². The van der Waals surface area contributed by atoms with Crippen LogP contribution in [-0.4, -0.2) is 4.83 Å². The Bertz CT molecular complexity index is 78.9. The maximum Gasteiger partial charge on any atom is 0.0145 e. The largest absolute Gasteiger partial charge is 0.0891 e. The minimum atomic E-state index is 0.703. The van der Waals surface area contributed by atoms with Gasteiger partial charge in [-0.15, -0.1) is 0 Å². The second-order valence-corrected chi connectivity index (χ2v) is 4.81. The number of unbranched alkanes of at least 4 members (excludes halogenated alkanes) is 1. The summed E-state index contributed by atoms with van der Waals surface area (Å²) in [5.74, 6) is 0.903. The molecule has 0 aliphatic heterocycles. The molecule has 0 amide bonds. The Balaban J connectivity index is 3.51. The molecule has 0 saturated heterocycles. The fraction of sp³-hybridized carbons (Fsp3) is 1.00. The van der Waals surface area contributed by atoms with Crippen molar-refractivity contribution in [1.29, 1.82) is 0 Å². The van der Waals surface area contributed by atoms with Crippen LogP contribution in [0.4, 0.5) is 0 Å².